The summed E-state index contributed by atoms with van der Waals surface area (Å²) in [7, 11) is 3.47. The number of nitrogens with zero attached hydrogens (tertiary/aromatic N) is 5. The molecule has 3 aromatic heterocycles. The summed E-state index contributed by atoms with van der Waals surface area (Å²) in [5.41, 5.74) is 3.40. The first-order valence-electron chi connectivity index (χ1n) is 10.5. The van der Waals surface area contributed by atoms with E-state index in [0.29, 0.717) is 34.4 Å². The van der Waals surface area contributed by atoms with Gasteiger partial charge in [0.1, 0.15) is 5.15 Å². The molecule has 9 heteroatoms. The van der Waals surface area contributed by atoms with E-state index in [9.17, 15) is 9.59 Å². The molecule has 1 N–H and O–H groups in total. The Labute approximate surface area is 184 Å². The summed E-state index contributed by atoms with van der Waals surface area (Å²) >= 11 is 5.88. The predicted octanol–water partition coefficient (Wildman–Crippen LogP) is 3.23. The topological polar surface area (TPSA) is 93.0 Å². The van der Waals surface area contributed by atoms with E-state index in [1.807, 2.05) is 18.0 Å². The van der Waals surface area contributed by atoms with Crippen LogP contribution in [0.4, 0.5) is 0 Å². The van der Waals surface area contributed by atoms with Gasteiger partial charge in [-0.25, -0.2) is 9.97 Å². The number of fused-ring (bicyclic) bond motifs is 1. The molecule has 1 unspecified atom stereocenters. The number of likely N-dealkylation sites (tertiary alicyclic amines) is 1. The number of aromatic nitrogens is 4. The molecule has 2 amide bonds. The van der Waals surface area contributed by atoms with Crippen molar-refractivity contribution < 1.29 is 9.59 Å². The fourth-order valence-corrected chi connectivity index (χ4v) is 4.51. The Morgan fingerprint density at radius 1 is 1.23 bits per heavy atom. The molecule has 1 aliphatic carbocycles. The lowest BCUT2D eigenvalue weighted by Crippen LogP contribution is -2.31. The highest BCUT2D eigenvalue weighted by molar-refractivity contribution is 6.29. The molecule has 1 saturated heterocycles. The molecule has 2 fully saturated rings. The van der Waals surface area contributed by atoms with Crippen LogP contribution in [0.3, 0.4) is 0 Å². The average molecular weight is 439 g/mol. The molecule has 1 atom stereocenters. The summed E-state index contributed by atoms with van der Waals surface area (Å²) < 4.78 is 1.73. The lowest BCUT2D eigenvalue weighted by molar-refractivity contribution is 0.0733. The van der Waals surface area contributed by atoms with Crippen molar-refractivity contribution in [1.82, 2.24) is 30.0 Å². The SMILES string of the molecule is CNC(=O)c1cc(C2CC2)nc2c1c(C1CCCN1C(=O)c1ccc(Cl)nc1)nn2C. The molecule has 4 heterocycles. The van der Waals surface area contributed by atoms with Crippen molar-refractivity contribution in [2.24, 2.45) is 7.05 Å². The van der Waals surface area contributed by atoms with E-state index in [2.05, 4.69) is 10.3 Å². The third kappa shape index (κ3) is 3.44. The predicted molar refractivity (Wildman–Crippen MR) is 116 cm³/mol. The molecule has 1 aliphatic heterocycles. The van der Waals surface area contributed by atoms with Gasteiger partial charge in [-0.1, -0.05) is 11.6 Å². The van der Waals surface area contributed by atoms with Crippen LogP contribution in [-0.4, -0.2) is 50.1 Å². The lowest BCUT2D eigenvalue weighted by atomic mass is 10.0. The van der Waals surface area contributed by atoms with Gasteiger partial charge in [0.15, 0.2) is 5.65 Å². The van der Waals surface area contributed by atoms with Crippen LogP contribution in [0.25, 0.3) is 11.0 Å². The fourth-order valence-electron chi connectivity index (χ4n) is 4.39. The van der Waals surface area contributed by atoms with E-state index in [1.165, 1.54) is 6.20 Å². The van der Waals surface area contributed by atoms with Crippen molar-refractivity contribution in [3.63, 3.8) is 0 Å². The number of rotatable bonds is 4. The highest BCUT2D eigenvalue weighted by Crippen LogP contribution is 2.42. The molecule has 8 nitrogen and oxygen atoms in total. The summed E-state index contributed by atoms with van der Waals surface area (Å²) in [5, 5.41) is 8.57. The van der Waals surface area contributed by atoms with Gasteiger partial charge < -0.3 is 10.2 Å². The highest BCUT2D eigenvalue weighted by atomic mass is 35.5. The van der Waals surface area contributed by atoms with Gasteiger partial charge in [-0.05, 0) is 43.9 Å². The molecule has 160 valence electrons. The number of amides is 2. The zero-order valence-electron chi connectivity index (χ0n) is 17.4. The molecule has 31 heavy (non-hydrogen) atoms. The number of halogens is 1. The van der Waals surface area contributed by atoms with E-state index >= 15 is 0 Å². The van der Waals surface area contributed by atoms with Crippen molar-refractivity contribution in [3.05, 3.63) is 52.1 Å². The van der Waals surface area contributed by atoms with Gasteiger partial charge in [0, 0.05) is 38.4 Å². The fraction of sp³-hybridized carbons (Fsp3) is 0.409. The minimum Gasteiger partial charge on any atom is -0.355 e. The minimum atomic E-state index is -0.233. The lowest BCUT2D eigenvalue weighted by Gasteiger charge is -2.24. The Hall–Kier alpha value is -3.00. The van der Waals surface area contributed by atoms with Crippen molar-refractivity contribution in [3.8, 4) is 0 Å². The molecule has 2 aliphatic rings. The van der Waals surface area contributed by atoms with Gasteiger partial charge in [0.2, 0.25) is 0 Å². The molecular formula is C22H23ClN6O2. The van der Waals surface area contributed by atoms with Crippen molar-refractivity contribution in [1.29, 1.82) is 0 Å². The zero-order chi connectivity index (χ0) is 21.7. The first-order valence-corrected chi connectivity index (χ1v) is 10.9. The van der Waals surface area contributed by atoms with Crippen LogP contribution in [0.15, 0.2) is 24.4 Å². The summed E-state index contributed by atoms with van der Waals surface area (Å²) in [5.74, 6) is 0.129. The van der Waals surface area contributed by atoms with E-state index in [0.717, 1.165) is 42.5 Å². The molecule has 0 radical (unpaired) electrons. The monoisotopic (exact) mass is 438 g/mol. The molecule has 0 aromatic carbocycles. The maximum atomic E-state index is 13.2. The number of nitrogens with one attached hydrogen (secondary N) is 1. The summed E-state index contributed by atoms with van der Waals surface area (Å²) in [6.45, 7) is 0.618. The van der Waals surface area contributed by atoms with E-state index in [1.54, 1.807) is 23.9 Å². The second-order valence-corrected chi connectivity index (χ2v) is 8.57. The number of aryl methyl sites for hydroxylation is 1. The van der Waals surface area contributed by atoms with Crippen LogP contribution in [0.5, 0.6) is 0 Å². The van der Waals surface area contributed by atoms with Crippen molar-refractivity contribution in [2.45, 2.75) is 37.6 Å². The number of carbonyl (C=O) groups excluding carboxylic acids is 2. The van der Waals surface area contributed by atoms with Crippen molar-refractivity contribution in [2.75, 3.05) is 13.6 Å². The first-order chi connectivity index (χ1) is 15.0. The van der Waals surface area contributed by atoms with Gasteiger partial charge in [-0.2, -0.15) is 5.10 Å². The van der Waals surface area contributed by atoms with Crippen LogP contribution in [-0.2, 0) is 7.05 Å². The van der Waals surface area contributed by atoms with E-state index in [-0.39, 0.29) is 17.9 Å². The number of hydrogen-bond acceptors (Lipinski definition) is 5. The molecular weight excluding hydrogens is 416 g/mol. The summed E-state index contributed by atoms with van der Waals surface area (Å²) in [6.07, 6.45) is 5.32. The first kappa shape index (κ1) is 19.9. The van der Waals surface area contributed by atoms with Crippen LogP contribution in [0, 0.1) is 0 Å². The van der Waals surface area contributed by atoms with Gasteiger partial charge in [0.05, 0.1) is 28.2 Å². The van der Waals surface area contributed by atoms with E-state index in [4.69, 9.17) is 21.7 Å². The third-order valence-corrected chi connectivity index (χ3v) is 6.34. The van der Waals surface area contributed by atoms with Crippen LogP contribution in [0.2, 0.25) is 5.15 Å². The van der Waals surface area contributed by atoms with Crippen LogP contribution >= 0.6 is 11.6 Å². The molecule has 5 rings (SSSR count). The molecule has 3 aromatic rings. The maximum absolute atomic E-state index is 13.2. The Morgan fingerprint density at radius 3 is 2.71 bits per heavy atom. The summed E-state index contributed by atoms with van der Waals surface area (Å²) in [4.78, 5) is 36.7. The number of hydrogen-bond donors (Lipinski definition) is 1. The second-order valence-electron chi connectivity index (χ2n) is 8.18. The van der Waals surface area contributed by atoms with Gasteiger partial charge in [-0.15, -0.1) is 0 Å². The molecule has 0 spiro atoms. The minimum absolute atomic E-state index is 0.116. The summed E-state index contributed by atoms with van der Waals surface area (Å²) in [6, 6.07) is 4.96. The second kappa shape index (κ2) is 7.60. The number of carbonyl (C=O) groups is 2. The Kier molecular flexibility index (Phi) is 4.89. The Morgan fingerprint density at radius 2 is 2.03 bits per heavy atom. The quantitative estimate of drug-likeness (QED) is 0.631. The Bertz CT molecular complexity index is 1180. The van der Waals surface area contributed by atoms with Crippen LogP contribution in [0.1, 0.15) is 69.7 Å². The van der Waals surface area contributed by atoms with Gasteiger partial charge in [0.25, 0.3) is 11.8 Å². The van der Waals surface area contributed by atoms with Crippen molar-refractivity contribution >= 4 is 34.4 Å². The standard InChI is InChI=1S/C22H23ClN6O2/c1-24-21(30)14-10-15(12-5-6-12)26-20-18(14)19(27-28(20)2)16-4-3-9-29(16)22(31)13-7-8-17(23)25-11-13/h7-8,10-12,16H,3-6,9H2,1-2H3,(H,24,30). The zero-order valence-corrected chi connectivity index (χ0v) is 18.2. The number of pyridine rings is 2. The van der Waals surface area contributed by atoms with Gasteiger partial charge in [-0.3, -0.25) is 14.3 Å². The van der Waals surface area contributed by atoms with E-state index < -0.39 is 0 Å². The maximum Gasteiger partial charge on any atom is 0.255 e. The highest BCUT2D eigenvalue weighted by Gasteiger charge is 2.36. The average Bonchev–Trinajstić information content (AvgIpc) is 3.43. The van der Waals surface area contributed by atoms with Gasteiger partial charge >= 0.3 is 0 Å². The third-order valence-electron chi connectivity index (χ3n) is 6.11. The molecule has 1 saturated carbocycles. The smallest absolute Gasteiger partial charge is 0.255 e. The Balaban J connectivity index is 1.61. The van der Waals surface area contributed by atoms with Crippen LogP contribution < -0.4 is 5.32 Å². The largest absolute Gasteiger partial charge is 0.355 e. The normalized spacial score (nSPS) is 18.5. The molecule has 0 bridgehead atoms.